The number of aromatic hydroxyl groups is 1. The minimum Gasteiger partial charge on any atom is -0.503 e. The molecular formula is C11H11ClO5. The third-order valence-corrected chi connectivity index (χ3v) is 2.57. The number of hydrogen-bond acceptors (Lipinski definition) is 5. The van der Waals surface area contributed by atoms with Crippen molar-refractivity contribution in [2.75, 3.05) is 7.11 Å². The minimum atomic E-state index is -1.16. The van der Waals surface area contributed by atoms with E-state index in [1.54, 1.807) is 13.8 Å². The van der Waals surface area contributed by atoms with E-state index in [0.29, 0.717) is 0 Å². The zero-order chi connectivity index (χ0) is 12.8. The topological polar surface area (TPSA) is 65.0 Å². The Morgan fingerprint density at radius 2 is 2.06 bits per heavy atom. The number of carbonyl (C=O) groups is 1. The lowest BCUT2D eigenvalue weighted by Gasteiger charge is -2.32. The van der Waals surface area contributed by atoms with Crippen molar-refractivity contribution in [1.82, 2.24) is 0 Å². The van der Waals surface area contributed by atoms with Gasteiger partial charge in [0.2, 0.25) is 5.79 Å². The highest BCUT2D eigenvalue weighted by Crippen LogP contribution is 2.46. The summed E-state index contributed by atoms with van der Waals surface area (Å²) in [6.07, 6.45) is 0. The molecule has 1 aromatic carbocycles. The molecule has 0 saturated carbocycles. The number of ether oxygens (including phenoxy) is 3. The van der Waals surface area contributed by atoms with Gasteiger partial charge in [-0.3, -0.25) is 0 Å². The van der Waals surface area contributed by atoms with Crippen molar-refractivity contribution in [3.63, 3.8) is 0 Å². The summed E-state index contributed by atoms with van der Waals surface area (Å²) in [7, 11) is 1.38. The van der Waals surface area contributed by atoms with Gasteiger partial charge in [0, 0.05) is 19.9 Å². The second-order valence-corrected chi connectivity index (χ2v) is 4.41. The molecule has 0 amide bonds. The summed E-state index contributed by atoms with van der Waals surface area (Å²) >= 11 is 5.81. The van der Waals surface area contributed by atoms with E-state index in [2.05, 4.69) is 0 Å². The zero-order valence-corrected chi connectivity index (χ0v) is 10.3. The first-order valence-corrected chi connectivity index (χ1v) is 5.25. The number of halogens is 1. The number of fused-ring (bicyclic) bond motifs is 1. The van der Waals surface area contributed by atoms with Crippen LogP contribution in [0.25, 0.3) is 0 Å². The second-order valence-electron chi connectivity index (χ2n) is 4.00. The first kappa shape index (κ1) is 11.9. The van der Waals surface area contributed by atoms with Crippen LogP contribution in [0.3, 0.4) is 0 Å². The predicted molar refractivity (Wildman–Crippen MR) is 59.8 cm³/mol. The molecule has 0 radical (unpaired) electrons. The SMILES string of the molecule is COc1cc(Cl)c(O)c2c1C(=O)OC(C)(C)O2. The molecule has 0 unspecified atom stereocenters. The fourth-order valence-corrected chi connectivity index (χ4v) is 1.77. The number of cyclic esters (lactones) is 1. The molecule has 1 N–H and O–H groups in total. The molecule has 0 aliphatic carbocycles. The molecule has 0 bridgehead atoms. The Balaban J connectivity index is 2.70. The Morgan fingerprint density at radius 1 is 1.41 bits per heavy atom. The van der Waals surface area contributed by atoms with E-state index in [1.807, 2.05) is 0 Å². The third-order valence-electron chi connectivity index (χ3n) is 2.28. The maximum atomic E-state index is 11.8. The van der Waals surface area contributed by atoms with E-state index < -0.39 is 11.8 Å². The number of carbonyl (C=O) groups excluding carboxylic acids is 1. The smallest absolute Gasteiger partial charge is 0.349 e. The highest BCUT2D eigenvalue weighted by atomic mass is 35.5. The van der Waals surface area contributed by atoms with Gasteiger partial charge in [-0.2, -0.15) is 0 Å². The molecule has 1 heterocycles. The lowest BCUT2D eigenvalue weighted by molar-refractivity contribution is -0.128. The molecule has 92 valence electrons. The summed E-state index contributed by atoms with van der Waals surface area (Å²) in [6, 6.07) is 1.33. The molecular weight excluding hydrogens is 248 g/mol. The van der Waals surface area contributed by atoms with E-state index in [1.165, 1.54) is 13.2 Å². The number of benzene rings is 1. The number of methoxy groups -OCH3 is 1. The van der Waals surface area contributed by atoms with Crippen LogP contribution < -0.4 is 9.47 Å². The summed E-state index contributed by atoms with van der Waals surface area (Å²) in [5, 5.41) is 9.84. The minimum absolute atomic E-state index is 0.0180. The highest BCUT2D eigenvalue weighted by molar-refractivity contribution is 6.32. The Labute approximate surface area is 103 Å². The van der Waals surface area contributed by atoms with Crippen LogP contribution in [0.2, 0.25) is 5.02 Å². The standard InChI is InChI=1S/C11H11ClO5/c1-11(2)16-9-7(10(14)17-11)6(15-3)4-5(12)8(9)13/h4,13H,1-3H3. The van der Waals surface area contributed by atoms with E-state index in [-0.39, 0.29) is 27.8 Å². The molecule has 0 fully saturated rings. The van der Waals surface area contributed by atoms with Crippen molar-refractivity contribution in [2.45, 2.75) is 19.6 Å². The molecule has 0 aromatic heterocycles. The number of esters is 1. The quantitative estimate of drug-likeness (QED) is 0.783. The molecule has 0 saturated heterocycles. The number of phenols is 1. The summed E-state index contributed by atoms with van der Waals surface area (Å²) in [5.74, 6) is -1.90. The van der Waals surface area contributed by atoms with Crippen molar-refractivity contribution >= 4 is 17.6 Å². The van der Waals surface area contributed by atoms with Gasteiger partial charge in [0.25, 0.3) is 0 Å². The van der Waals surface area contributed by atoms with Crippen molar-refractivity contribution in [3.05, 3.63) is 16.7 Å². The van der Waals surface area contributed by atoms with Crippen LogP contribution in [0.15, 0.2) is 6.07 Å². The van der Waals surface area contributed by atoms with Crippen LogP contribution in [0.5, 0.6) is 17.2 Å². The Hall–Kier alpha value is -1.62. The van der Waals surface area contributed by atoms with Gasteiger partial charge in [-0.15, -0.1) is 0 Å². The summed E-state index contributed by atoms with van der Waals surface area (Å²) in [4.78, 5) is 11.8. The number of phenolic OH excluding ortho intramolecular Hbond substituents is 1. The average Bonchev–Trinajstić information content (AvgIpc) is 2.22. The van der Waals surface area contributed by atoms with Gasteiger partial charge in [0.1, 0.15) is 11.3 Å². The second kappa shape index (κ2) is 3.70. The fraction of sp³-hybridized carbons (Fsp3) is 0.364. The molecule has 1 aliphatic heterocycles. The Kier molecular flexibility index (Phi) is 2.58. The normalized spacial score (nSPS) is 16.8. The highest BCUT2D eigenvalue weighted by Gasteiger charge is 2.38. The lowest BCUT2D eigenvalue weighted by Crippen LogP contribution is -2.39. The summed E-state index contributed by atoms with van der Waals surface area (Å²) in [5.41, 5.74) is 0.0359. The van der Waals surface area contributed by atoms with E-state index in [4.69, 9.17) is 25.8 Å². The predicted octanol–water partition coefficient (Wildman–Crippen LogP) is 2.34. The third kappa shape index (κ3) is 1.86. The van der Waals surface area contributed by atoms with Gasteiger partial charge in [-0.05, 0) is 0 Å². The average molecular weight is 259 g/mol. The largest absolute Gasteiger partial charge is 0.503 e. The monoisotopic (exact) mass is 258 g/mol. The number of rotatable bonds is 1. The summed E-state index contributed by atoms with van der Waals surface area (Å²) in [6.45, 7) is 3.11. The summed E-state index contributed by atoms with van der Waals surface area (Å²) < 4.78 is 15.4. The first-order chi connectivity index (χ1) is 7.85. The maximum absolute atomic E-state index is 11.8. The first-order valence-electron chi connectivity index (χ1n) is 4.87. The molecule has 0 spiro atoms. The lowest BCUT2D eigenvalue weighted by atomic mass is 10.1. The van der Waals surface area contributed by atoms with Gasteiger partial charge < -0.3 is 19.3 Å². The van der Waals surface area contributed by atoms with E-state index in [9.17, 15) is 9.90 Å². The van der Waals surface area contributed by atoms with Crippen LogP contribution >= 0.6 is 11.6 Å². The van der Waals surface area contributed by atoms with Crippen LogP contribution in [0, 0.1) is 0 Å². The van der Waals surface area contributed by atoms with Crippen molar-refractivity contribution in [3.8, 4) is 17.2 Å². The maximum Gasteiger partial charge on any atom is 0.349 e. The van der Waals surface area contributed by atoms with Gasteiger partial charge >= 0.3 is 5.97 Å². The van der Waals surface area contributed by atoms with Crippen LogP contribution in [0.4, 0.5) is 0 Å². The van der Waals surface area contributed by atoms with Crippen LogP contribution in [-0.2, 0) is 4.74 Å². The van der Waals surface area contributed by atoms with Crippen LogP contribution in [-0.4, -0.2) is 24.0 Å². The van der Waals surface area contributed by atoms with Gasteiger partial charge in [0.05, 0.1) is 12.1 Å². The van der Waals surface area contributed by atoms with E-state index >= 15 is 0 Å². The molecule has 17 heavy (non-hydrogen) atoms. The van der Waals surface area contributed by atoms with Crippen molar-refractivity contribution in [1.29, 1.82) is 0 Å². The molecule has 0 atom stereocenters. The van der Waals surface area contributed by atoms with Gasteiger partial charge in [-0.1, -0.05) is 11.6 Å². The van der Waals surface area contributed by atoms with Crippen molar-refractivity contribution in [2.24, 2.45) is 0 Å². The molecule has 1 aromatic rings. The molecule has 6 heteroatoms. The number of hydrogen-bond donors (Lipinski definition) is 1. The van der Waals surface area contributed by atoms with Gasteiger partial charge in [-0.25, -0.2) is 4.79 Å². The fourth-order valence-electron chi connectivity index (χ4n) is 1.59. The Bertz CT molecular complexity index is 495. The molecule has 1 aliphatic rings. The zero-order valence-electron chi connectivity index (χ0n) is 9.54. The van der Waals surface area contributed by atoms with E-state index in [0.717, 1.165) is 0 Å². The van der Waals surface area contributed by atoms with Gasteiger partial charge in [0.15, 0.2) is 11.5 Å². The Morgan fingerprint density at radius 3 is 2.65 bits per heavy atom. The van der Waals surface area contributed by atoms with Crippen molar-refractivity contribution < 1.29 is 24.1 Å². The molecule has 5 nitrogen and oxygen atoms in total. The van der Waals surface area contributed by atoms with Crippen LogP contribution in [0.1, 0.15) is 24.2 Å². The molecule has 2 rings (SSSR count).